The molecule has 0 spiro atoms. The number of hydrogen-bond acceptors (Lipinski definition) is 2. The Labute approximate surface area is 67.2 Å². The molecule has 0 bridgehead atoms. The van der Waals surface area contributed by atoms with E-state index in [-0.39, 0.29) is 12.5 Å². The van der Waals surface area contributed by atoms with Crippen LogP contribution in [0.1, 0.15) is 13.3 Å². The molecule has 1 unspecified atom stereocenters. The van der Waals surface area contributed by atoms with Crippen molar-refractivity contribution in [2.24, 2.45) is 0 Å². The molecule has 1 radical (unpaired) electrons. The highest BCUT2D eigenvalue weighted by atomic mass is 16.3. The van der Waals surface area contributed by atoms with Crippen molar-refractivity contribution in [1.29, 1.82) is 0 Å². The van der Waals surface area contributed by atoms with Crippen LogP contribution in [0.15, 0.2) is 0 Å². The molecule has 4 nitrogen and oxygen atoms in total. The number of likely N-dealkylation sites (N-methyl/N-ethyl adjacent to an activating group) is 1. The van der Waals surface area contributed by atoms with Crippen LogP contribution in [0, 0.1) is 0 Å². The molecule has 0 fully saturated rings. The summed E-state index contributed by atoms with van der Waals surface area (Å²) in [7, 11) is 3.57. The zero-order valence-electron chi connectivity index (χ0n) is 7.26. The van der Waals surface area contributed by atoms with Crippen molar-refractivity contribution >= 4 is 5.91 Å². The van der Waals surface area contributed by atoms with Crippen molar-refractivity contribution in [1.82, 2.24) is 10.2 Å². The first-order chi connectivity index (χ1) is 5.06. The number of rotatable bonds is 4. The van der Waals surface area contributed by atoms with E-state index >= 15 is 0 Å². The molecule has 0 aromatic heterocycles. The molecule has 0 saturated heterocycles. The molecular formula is C7H15N2O2. The van der Waals surface area contributed by atoms with E-state index in [0.717, 1.165) is 0 Å². The zero-order valence-corrected chi connectivity index (χ0v) is 7.26. The SMILES string of the molecule is CCC([O])NC(=O)CN(C)C. The zero-order chi connectivity index (χ0) is 8.85. The van der Waals surface area contributed by atoms with Crippen LogP contribution in [-0.2, 0) is 9.90 Å². The average Bonchev–Trinajstić information content (AvgIpc) is 1.85. The van der Waals surface area contributed by atoms with Gasteiger partial charge in [0.25, 0.3) is 0 Å². The summed E-state index contributed by atoms with van der Waals surface area (Å²) >= 11 is 0. The fourth-order valence-electron chi connectivity index (χ4n) is 0.614. The Balaban J connectivity index is 3.52. The maximum absolute atomic E-state index is 10.9. The second-order valence-corrected chi connectivity index (χ2v) is 2.70. The molecule has 11 heavy (non-hydrogen) atoms. The van der Waals surface area contributed by atoms with Gasteiger partial charge in [0, 0.05) is 0 Å². The van der Waals surface area contributed by atoms with E-state index in [0.29, 0.717) is 6.42 Å². The summed E-state index contributed by atoms with van der Waals surface area (Å²) in [4.78, 5) is 12.6. The molecule has 0 aromatic rings. The standard InChI is InChI=1S/C7H15N2O2/c1-4-6(10)8-7(11)5-9(2)3/h6H,4-5H2,1-3H3,(H,8,11). The van der Waals surface area contributed by atoms with E-state index in [1.165, 1.54) is 0 Å². The van der Waals surface area contributed by atoms with Gasteiger partial charge in [-0.3, -0.25) is 4.79 Å². The third kappa shape index (κ3) is 5.82. The summed E-state index contributed by atoms with van der Waals surface area (Å²) in [6.45, 7) is 2.02. The second-order valence-electron chi connectivity index (χ2n) is 2.70. The molecule has 0 heterocycles. The van der Waals surface area contributed by atoms with E-state index in [4.69, 9.17) is 0 Å². The van der Waals surface area contributed by atoms with Crippen molar-refractivity contribution < 1.29 is 9.90 Å². The predicted octanol–water partition coefficient (Wildman–Crippen LogP) is -0.169. The minimum Gasteiger partial charge on any atom is -0.327 e. The number of nitrogens with one attached hydrogen (secondary N) is 1. The molecule has 0 saturated carbocycles. The maximum Gasteiger partial charge on any atom is 0.236 e. The van der Waals surface area contributed by atoms with Gasteiger partial charge < -0.3 is 10.2 Å². The lowest BCUT2D eigenvalue weighted by atomic mass is 10.4. The molecule has 1 atom stereocenters. The van der Waals surface area contributed by atoms with E-state index in [2.05, 4.69) is 5.32 Å². The highest BCUT2D eigenvalue weighted by Crippen LogP contribution is 1.85. The fraction of sp³-hybridized carbons (Fsp3) is 0.857. The lowest BCUT2D eigenvalue weighted by Crippen LogP contribution is -2.39. The van der Waals surface area contributed by atoms with Crippen LogP contribution in [0.25, 0.3) is 0 Å². The van der Waals surface area contributed by atoms with Crippen molar-refractivity contribution in [3.8, 4) is 0 Å². The Morgan fingerprint density at radius 3 is 2.45 bits per heavy atom. The van der Waals surface area contributed by atoms with Gasteiger partial charge in [0.2, 0.25) is 5.91 Å². The third-order valence-electron chi connectivity index (χ3n) is 1.15. The normalized spacial score (nSPS) is 13.2. The first kappa shape index (κ1) is 10.4. The number of carbonyl (C=O) groups is 1. The quantitative estimate of drug-likeness (QED) is 0.579. The smallest absolute Gasteiger partial charge is 0.236 e. The Morgan fingerprint density at radius 1 is 1.55 bits per heavy atom. The lowest BCUT2D eigenvalue weighted by Gasteiger charge is -2.11. The molecule has 65 valence electrons. The summed E-state index contributed by atoms with van der Waals surface area (Å²) in [5, 5.41) is 13.1. The molecule has 4 heteroatoms. The summed E-state index contributed by atoms with van der Waals surface area (Å²) in [6, 6.07) is 0. The summed E-state index contributed by atoms with van der Waals surface area (Å²) in [5.74, 6) is -0.211. The maximum atomic E-state index is 10.9. The third-order valence-corrected chi connectivity index (χ3v) is 1.15. The summed E-state index contributed by atoms with van der Waals surface area (Å²) in [5.41, 5.74) is 0. The minimum absolute atomic E-state index is 0.211. The molecule has 0 rings (SSSR count). The van der Waals surface area contributed by atoms with Crippen molar-refractivity contribution in [3.05, 3.63) is 0 Å². The van der Waals surface area contributed by atoms with E-state index in [1.54, 1.807) is 25.9 Å². The molecule has 0 aliphatic rings. The summed E-state index contributed by atoms with van der Waals surface area (Å²) < 4.78 is 0. The fourth-order valence-corrected chi connectivity index (χ4v) is 0.614. The average molecular weight is 159 g/mol. The van der Waals surface area contributed by atoms with Gasteiger partial charge in [0.15, 0.2) is 6.23 Å². The number of amides is 1. The highest BCUT2D eigenvalue weighted by molar-refractivity contribution is 5.78. The molecule has 0 aliphatic carbocycles. The van der Waals surface area contributed by atoms with Gasteiger partial charge in [0.05, 0.1) is 6.54 Å². The topological polar surface area (TPSA) is 52.2 Å². The highest BCUT2D eigenvalue weighted by Gasteiger charge is 2.07. The molecule has 1 amide bonds. The Hall–Kier alpha value is -0.610. The number of hydrogen-bond donors (Lipinski definition) is 1. The Kier molecular flexibility index (Phi) is 4.81. The first-order valence-corrected chi connectivity index (χ1v) is 3.66. The van der Waals surface area contributed by atoms with E-state index < -0.39 is 6.23 Å². The van der Waals surface area contributed by atoms with Gasteiger partial charge in [-0.15, -0.1) is 0 Å². The van der Waals surface area contributed by atoms with E-state index in [9.17, 15) is 9.90 Å². The lowest BCUT2D eigenvalue weighted by molar-refractivity contribution is -0.126. The van der Waals surface area contributed by atoms with Crippen LogP contribution in [0.3, 0.4) is 0 Å². The predicted molar refractivity (Wildman–Crippen MR) is 41.5 cm³/mol. The van der Waals surface area contributed by atoms with Crippen LogP contribution in [0.4, 0.5) is 0 Å². The van der Waals surface area contributed by atoms with Crippen LogP contribution in [0.2, 0.25) is 0 Å². The van der Waals surface area contributed by atoms with Gasteiger partial charge >= 0.3 is 0 Å². The van der Waals surface area contributed by atoms with Gasteiger partial charge in [0.1, 0.15) is 0 Å². The van der Waals surface area contributed by atoms with Gasteiger partial charge in [-0.1, -0.05) is 6.92 Å². The van der Waals surface area contributed by atoms with Crippen LogP contribution in [0.5, 0.6) is 0 Å². The van der Waals surface area contributed by atoms with E-state index in [1.807, 2.05) is 0 Å². The van der Waals surface area contributed by atoms with Gasteiger partial charge in [-0.05, 0) is 20.5 Å². The van der Waals surface area contributed by atoms with Crippen molar-refractivity contribution in [2.75, 3.05) is 20.6 Å². The second kappa shape index (κ2) is 5.09. The molecule has 0 aliphatic heterocycles. The van der Waals surface area contributed by atoms with Gasteiger partial charge in [-0.2, -0.15) is 0 Å². The number of carbonyl (C=O) groups excluding carboxylic acids is 1. The van der Waals surface area contributed by atoms with Crippen LogP contribution in [-0.4, -0.2) is 37.7 Å². The largest absolute Gasteiger partial charge is 0.327 e. The first-order valence-electron chi connectivity index (χ1n) is 3.66. The molecule has 0 aromatic carbocycles. The number of nitrogens with zero attached hydrogens (tertiary/aromatic N) is 1. The monoisotopic (exact) mass is 159 g/mol. The van der Waals surface area contributed by atoms with Crippen molar-refractivity contribution in [2.45, 2.75) is 19.6 Å². The molecular weight excluding hydrogens is 144 g/mol. The van der Waals surface area contributed by atoms with Crippen LogP contribution >= 0.6 is 0 Å². The summed E-state index contributed by atoms with van der Waals surface area (Å²) in [6.07, 6.45) is -0.526. The van der Waals surface area contributed by atoms with Crippen molar-refractivity contribution in [3.63, 3.8) is 0 Å². The minimum atomic E-state index is -0.956. The Bertz CT molecular complexity index is 126. The van der Waals surface area contributed by atoms with Gasteiger partial charge in [-0.25, -0.2) is 5.11 Å². The molecule has 1 N–H and O–H groups in total. The Morgan fingerprint density at radius 2 is 2.09 bits per heavy atom. The van der Waals surface area contributed by atoms with Crippen LogP contribution < -0.4 is 5.32 Å².